The summed E-state index contributed by atoms with van der Waals surface area (Å²) in [6, 6.07) is 5.55. The number of aromatic nitrogens is 3. The largest absolute Gasteiger partial charge is 0.497 e. The molecule has 0 spiro atoms. The molecular weight excluding hydrogens is 254 g/mol. The fraction of sp³-hybridized carbons (Fsp3) is 0.333. The van der Waals surface area contributed by atoms with E-state index < -0.39 is 0 Å². The van der Waals surface area contributed by atoms with Crippen LogP contribution in [0.15, 0.2) is 24.5 Å². The molecule has 96 valence electrons. The standard InChI is InChI=1S/C12H14ClN3O2/c1-16-12(14-8-15-16)7-18-11-5-10(17-2)4-3-9(11)6-13/h3-5,8H,6-7H2,1-2H3. The van der Waals surface area contributed by atoms with E-state index in [4.69, 9.17) is 21.1 Å². The Morgan fingerprint density at radius 1 is 1.39 bits per heavy atom. The Kier molecular flexibility index (Phi) is 4.04. The lowest BCUT2D eigenvalue weighted by molar-refractivity contribution is 0.285. The Labute approximate surface area is 110 Å². The molecule has 6 heteroatoms. The van der Waals surface area contributed by atoms with Crippen LogP contribution in [0, 0.1) is 0 Å². The summed E-state index contributed by atoms with van der Waals surface area (Å²) < 4.78 is 12.5. The molecule has 1 aromatic carbocycles. The van der Waals surface area contributed by atoms with Gasteiger partial charge in [-0.25, -0.2) is 4.98 Å². The molecule has 0 bridgehead atoms. The van der Waals surface area contributed by atoms with Crippen LogP contribution in [0.3, 0.4) is 0 Å². The second-order valence-electron chi connectivity index (χ2n) is 3.70. The van der Waals surface area contributed by atoms with Gasteiger partial charge in [0.15, 0.2) is 5.82 Å². The van der Waals surface area contributed by atoms with E-state index in [1.165, 1.54) is 6.33 Å². The van der Waals surface area contributed by atoms with Crippen LogP contribution in [0.25, 0.3) is 0 Å². The lowest BCUT2D eigenvalue weighted by Crippen LogP contribution is -2.05. The van der Waals surface area contributed by atoms with Gasteiger partial charge in [-0.05, 0) is 6.07 Å². The molecule has 0 aliphatic rings. The van der Waals surface area contributed by atoms with E-state index in [9.17, 15) is 0 Å². The third kappa shape index (κ3) is 2.73. The molecule has 0 saturated heterocycles. The molecule has 2 aromatic rings. The Hall–Kier alpha value is -1.75. The zero-order chi connectivity index (χ0) is 13.0. The van der Waals surface area contributed by atoms with Gasteiger partial charge in [0.25, 0.3) is 0 Å². The summed E-state index contributed by atoms with van der Waals surface area (Å²) in [5, 5.41) is 3.98. The maximum absolute atomic E-state index is 5.87. The Morgan fingerprint density at radius 2 is 2.22 bits per heavy atom. The van der Waals surface area contributed by atoms with Crippen molar-refractivity contribution in [2.24, 2.45) is 7.05 Å². The van der Waals surface area contributed by atoms with Crippen molar-refractivity contribution < 1.29 is 9.47 Å². The number of rotatable bonds is 5. The van der Waals surface area contributed by atoms with Crippen LogP contribution in [0.2, 0.25) is 0 Å². The molecule has 0 amide bonds. The molecule has 0 fully saturated rings. The number of hydrogen-bond donors (Lipinski definition) is 0. The van der Waals surface area contributed by atoms with Gasteiger partial charge in [-0.2, -0.15) is 5.10 Å². The number of nitrogens with zero attached hydrogens (tertiary/aromatic N) is 3. The second-order valence-corrected chi connectivity index (χ2v) is 3.96. The number of aryl methyl sites for hydroxylation is 1. The summed E-state index contributed by atoms with van der Waals surface area (Å²) in [6.45, 7) is 0.341. The van der Waals surface area contributed by atoms with Crippen molar-refractivity contribution in [3.8, 4) is 11.5 Å². The van der Waals surface area contributed by atoms with Gasteiger partial charge in [0.2, 0.25) is 0 Å². The number of alkyl halides is 1. The average molecular weight is 268 g/mol. The maximum Gasteiger partial charge on any atom is 0.164 e. The SMILES string of the molecule is COc1ccc(CCl)c(OCc2ncnn2C)c1. The highest BCUT2D eigenvalue weighted by molar-refractivity contribution is 6.17. The van der Waals surface area contributed by atoms with Gasteiger partial charge in [-0.1, -0.05) is 6.07 Å². The molecule has 18 heavy (non-hydrogen) atoms. The van der Waals surface area contributed by atoms with E-state index in [-0.39, 0.29) is 0 Å². The highest BCUT2D eigenvalue weighted by Crippen LogP contribution is 2.26. The first-order valence-corrected chi connectivity index (χ1v) is 5.96. The van der Waals surface area contributed by atoms with Crippen LogP contribution in [0.1, 0.15) is 11.4 Å². The molecular formula is C12H14ClN3O2. The van der Waals surface area contributed by atoms with Crippen LogP contribution >= 0.6 is 11.6 Å². The van der Waals surface area contributed by atoms with Crippen LogP contribution in [-0.2, 0) is 19.5 Å². The summed E-state index contributed by atoms with van der Waals surface area (Å²) in [4.78, 5) is 4.09. The third-order valence-corrected chi connectivity index (χ3v) is 2.87. The van der Waals surface area contributed by atoms with Crippen molar-refractivity contribution in [1.29, 1.82) is 0 Å². The van der Waals surface area contributed by atoms with E-state index in [0.717, 1.165) is 17.1 Å². The fourth-order valence-corrected chi connectivity index (χ4v) is 1.72. The minimum Gasteiger partial charge on any atom is -0.497 e. The zero-order valence-corrected chi connectivity index (χ0v) is 11.0. The lowest BCUT2D eigenvalue weighted by atomic mass is 10.2. The van der Waals surface area contributed by atoms with Crippen LogP contribution in [-0.4, -0.2) is 21.9 Å². The molecule has 5 nitrogen and oxygen atoms in total. The number of methoxy groups -OCH3 is 1. The van der Waals surface area contributed by atoms with Gasteiger partial charge in [0, 0.05) is 18.7 Å². The minimum atomic E-state index is 0.341. The highest BCUT2D eigenvalue weighted by atomic mass is 35.5. The van der Waals surface area contributed by atoms with Gasteiger partial charge in [-0.3, -0.25) is 4.68 Å². The predicted octanol–water partition coefficient (Wildman–Crippen LogP) is 2.14. The molecule has 2 rings (SSSR count). The van der Waals surface area contributed by atoms with Crippen molar-refractivity contribution in [3.63, 3.8) is 0 Å². The summed E-state index contributed by atoms with van der Waals surface area (Å²) in [5.41, 5.74) is 0.916. The van der Waals surface area contributed by atoms with Crippen LogP contribution < -0.4 is 9.47 Å². The van der Waals surface area contributed by atoms with Crippen molar-refractivity contribution in [1.82, 2.24) is 14.8 Å². The average Bonchev–Trinajstić information content (AvgIpc) is 2.81. The first-order valence-electron chi connectivity index (χ1n) is 5.43. The molecule has 0 aliphatic heterocycles. The third-order valence-electron chi connectivity index (χ3n) is 2.58. The van der Waals surface area contributed by atoms with Crippen LogP contribution in [0.5, 0.6) is 11.5 Å². The zero-order valence-electron chi connectivity index (χ0n) is 10.3. The van der Waals surface area contributed by atoms with Crippen molar-refractivity contribution in [2.75, 3.05) is 7.11 Å². The van der Waals surface area contributed by atoms with E-state index in [1.807, 2.05) is 25.2 Å². The van der Waals surface area contributed by atoms with E-state index in [2.05, 4.69) is 10.1 Å². The molecule has 1 heterocycles. The first-order chi connectivity index (χ1) is 8.74. The maximum atomic E-state index is 5.87. The van der Waals surface area contributed by atoms with Gasteiger partial charge in [0.1, 0.15) is 24.4 Å². The molecule has 0 atom stereocenters. The number of halogens is 1. The van der Waals surface area contributed by atoms with E-state index in [0.29, 0.717) is 18.2 Å². The topological polar surface area (TPSA) is 49.2 Å². The predicted molar refractivity (Wildman–Crippen MR) is 67.9 cm³/mol. The molecule has 0 saturated carbocycles. The molecule has 0 N–H and O–H groups in total. The monoisotopic (exact) mass is 267 g/mol. The number of benzene rings is 1. The first kappa shape index (κ1) is 12.7. The van der Waals surface area contributed by atoms with Gasteiger partial charge >= 0.3 is 0 Å². The molecule has 0 radical (unpaired) electrons. The van der Waals surface area contributed by atoms with Crippen LogP contribution in [0.4, 0.5) is 0 Å². The summed E-state index contributed by atoms with van der Waals surface area (Å²) in [6.07, 6.45) is 1.49. The second kappa shape index (κ2) is 5.73. The quantitative estimate of drug-likeness (QED) is 0.779. The lowest BCUT2D eigenvalue weighted by Gasteiger charge is -2.11. The number of ether oxygens (including phenoxy) is 2. The normalized spacial score (nSPS) is 10.4. The minimum absolute atomic E-state index is 0.341. The summed E-state index contributed by atoms with van der Waals surface area (Å²) in [7, 11) is 3.43. The molecule has 1 aromatic heterocycles. The number of hydrogen-bond acceptors (Lipinski definition) is 4. The van der Waals surface area contributed by atoms with E-state index in [1.54, 1.807) is 11.8 Å². The smallest absolute Gasteiger partial charge is 0.164 e. The van der Waals surface area contributed by atoms with Gasteiger partial charge in [0.05, 0.1) is 13.0 Å². The Balaban J connectivity index is 2.14. The fourth-order valence-electron chi connectivity index (χ4n) is 1.50. The molecule has 0 unspecified atom stereocenters. The van der Waals surface area contributed by atoms with Gasteiger partial charge in [-0.15, -0.1) is 11.6 Å². The van der Waals surface area contributed by atoms with Crippen molar-refractivity contribution in [2.45, 2.75) is 12.5 Å². The van der Waals surface area contributed by atoms with Crippen molar-refractivity contribution >= 4 is 11.6 Å². The van der Waals surface area contributed by atoms with Gasteiger partial charge < -0.3 is 9.47 Å². The summed E-state index contributed by atoms with van der Waals surface area (Å²) in [5.74, 6) is 2.57. The van der Waals surface area contributed by atoms with E-state index >= 15 is 0 Å². The summed E-state index contributed by atoms with van der Waals surface area (Å²) >= 11 is 5.87. The van der Waals surface area contributed by atoms with Crippen molar-refractivity contribution in [3.05, 3.63) is 35.9 Å². The highest BCUT2D eigenvalue weighted by Gasteiger charge is 2.07. The molecule has 0 aliphatic carbocycles. The Bertz CT molecular complexity index is 528. The Morgan fingerprint density at radius 3 is 2.83 bits per heavy atom.